The topological polar surface area (TPSA) is 92.7 Å². The van der Waals surface area contributed by atoms with Crippen LogP contribution in [0.2, 0.25) is 0 Å². The van der Waals surface area contributed by atoms with Crippen molar-refractivity contribution in [2.75, 3.05) is 12.9 Å². The van der Waals surface area contributed by atoms with Gasteiger partial charge in [-0.25, -0.2) is 13.1 Å². The van der Waals surface area contributed by atoms with Gasteiger partial charge < -0.3 is 9.84 Å². The molecule has 0 bridgehead atoms. The van der Waals surface area contributed by atoms with E-state index in [2.05, 4.69) is 9.46 Å². The zero-order chi connectivity index (χ0) is 14.8. The molecule has 0 amide bonds. The fraction of sp³-hybridized carbons (Fsp3) is 0.462. The average molecular weight is 299 g/mol. The number of sulfonamides is 1. The fourth-order valence-corrected chi connectivity index (χ4v) is 3.51. The minimum Gasteiger partial charge on any atom is -0.469 e. The van der Waals surface area contributed by atoms with Gasteiger partial charge >= 0.3 is 5.97 Å². The molecular weight excluding hydrogens is 282 g/mol. The van der Waals surface area contributed by atoms with Crippen LogP contribution in [-0.4, -0.2) is 38.5 Å². The van der Waals surface area contributed by atoms with Gasteiger partial charge in [0.1, 0.15) is 0 Å². The molecule has 2 rings (SSSR count). The van der Waals surface area contributed by atoms with Crippen molar-refractivity contribution in [3.8, 4) is 0 Å². The van der Waals surface area contributed by atoms with Crippen LogP contribution >= 0.6 is 0 Å². The molecule has 1 aromatic carbocycles. The number of nitrogens with one attached hydrogen (secondary N) is 1. The third-order valence-electron chi connectivity index (χ3n) is 3.31. The number of carbonyl (C=O) groups excluding carboxylic acids is 1. The van der Waals surface area contributed by atoms with Crippen LogP contribution in [0.25, 0.3) is 0 Å². The molecule has 0 radical (unpaired) electrons. The predicted molar refractivity (Wildman–Crippen MR) is 72.4 cm³/mol. The van der Waals surface area contributed by atoms with Crippen molar-refractivity contribution in [1.29, 1.82) is 0 Å². The first-order chi connectivity index (χ1) is 9.43. The SMILES string of the molecule is COC(=O)CCS(=O)(=O)N[C@H]1c2ccccc2C[C@H]1O. The van der Waals surface area contributed by atoms with Crippen molar-refractivity contribution in [3.63, 3.8) is 0 Å². The van der Waals surface area contributed by atoms with Crippen molar-refractivity contribution < 1.29 is 23.1 Å². The second kappa shape index (κ2) is 5.90. The molecule has 0 saturated heterocycles. The number of aliphatic hydroxyl groups excluding tert-OH is 1. The lowest BCUT2D eigenvalue weighted by Crippen LogP contribution is -2.35. The lowest BCUT2D eigenvalue weighted by molar-refractivity contribution is -0.140. The summed E-state index contributed by atoms with van der Waals surface area (Å²) in [5.74, 6) is -0.937. The zero-order valence-electron chi connectivity index (χ0n) is 11.1. The Balaban J connectivity index is 2.08. The van der Waals surface area contributed by atoms with Crippen LogP contribution in [-0.2, 0) is 26.0 Å². The number of benzene rings is 1. The molecule has 0 heterocycles. The van der Waals surface area contributed by atoms with Crippen LogP contribution in [0.3, 0.4) is 0 Å². The maximum Gasteiger partial charge on any atom is 0.306 e. The first-order valence-corrected chi connectivity index (χ1v) is 7.91. The number of methoxy groups -OCH3 is 1. The number of ether oxygens (including phenoxy) is 1. The van der Waals surface area contributed by atoms with Crippen molar-refractivity contribution in [2.24, 2.45) is 0 Å². The Hall–Kier alpha value is -1.44. The minimum atomic E-state index is -3.66. The Morgan fingerprint density at radius 1 is 1.45 bits per heavy atom. The van der Waals surface area contributed by atoms with Gasteiger partial charge in [0.15, 0.2) is 0 Å². The van der Waals surface area contributed by atoms with E-state index in [0.717, 1.165) is 11.1 Å². The van der Waals surface area contributed by atoms with E-state index in [1.54, 1.807) is 12.1 Å². The first kappa shape index (κ1) is 15.0. The van der Waals surface area contributed by atoms with Crippen molar-refractivity contribution in [2.45, 2.75) is 25.0 Å². The summed E-state index contributed by atoms with van der Waals surface area (Å²) < 4.78 is 30.7. The number of hydrogen-bond donors (Lipinski definition) is 2. The molecule has 20 heavy (non-hydrogen) atoms. The number of rotatable bonds is 5. The molecule has 110 valence electrons. The predicted octanol–water partition coefficient (Wildman–Crippen LogP) is 0.127. The van der Waals surface area contributed by atoms with Crippen LogP contribution in [0.15, 0.2) is 24.3 Å². The highest BCUT2D eigenvalue weighted by Crippen LogP contribution is 2.31. The van der Waals surface area contributed by atoms with Gasteiger partial charge in [-0.2, -0.15) is 0 Å². The fourth-order valence-electron chi connectivity index (χ4n) is 2.29. The van der Waals surface area contributed by atoms with Gasteiger partial charge in [0, 0.05) is 6.42 Å². The third-order valence-corrected chi connectivity index (χ3v) is 4.67. The van der Waals surface area contributed by atoms with E-state index in [-0.39, 0.29) is 12.2 Å². The monoisotopic (exact) mass is 299 g/mol. The average Bonchev–Trinajstić information content (AvgIpc) is 2.72. The van der Waals surface area contributed by atoms with Gasteiger partial charge in [-0.15, -0.1) is 0 Å². The van der Waals surface area contributed by atoms with Crippen LogP contribution in [0.4, 0.5) is 0 Å². The van der Waals surface area contributed by atoms with E-state index >= 15 is 0 Å². The maximum absolute atomic E-state index is 11.9. The van der Waals surface area contributed by atoms with Crippen LogP contribution in [0.1, 0.15) is 23.6 Å². The highest BCUT2D eigenvalue weighted by Gasteiger charge is 2.33. The first-order valence-electron chi connectivity index (χ1n) is 6.25. The molecule has 0 aliphatic heterocycles. The van der Waals surface area contributed by atoms with Gasteiger partial charge in [0.2, 0.25) is 10.0 Å². The Labute approximate surface area is 117 Å². The molecule has 0 spiro atoms. The molecule has 2 N–H and O–H groups in total. The summed E-state index contributed by atoms with van der Waals surface area (Å²) in [5, 5.41) is 9.98. The van der Waals surface area contributed by atoms with Gasteiger partial charge in [-0.05, 0) is 11.1 Å². The van der Waals surface area contributed by atoms with E-state index in [1.165, 1.54) is 7.11 Å². The van der Waals surface area contributed by atoms with E-state index in [4.69, 9.17) is 0 Å². The molecule has 0 saturated carbocycles. The smallest absolute Gasteiger partial charge is 0.306 e. The summed E-state index contributed by atoms with van der Waals surface area (Å²) in [7, 11) is -2.45. The summed E-state index contributed by atoms with van der Waals surface area (Å²) in [5.41, 5.74) is 1.71. The Bertz CT molecular complexity index is 599. The van der Waals surface area contributed by atoms with Crippen LogP contribution in [0.5, 0.6) is 0 Å². The maximum atomic E-state index is 11.9. The highest BCUT2D eigenvalue weighted by atomic mass is 32.2. The number of carbonyl (C=O) groups is 1. The Kier molecular flexibility index (Phi) is 4.42. The van der Waals surface area contributed by atoms with Gasteiger partial charge in [0.05, 0.1) is 31.4 Å². The van der Waals surface area contributed by atoms with Gasteiger partial charge in [-0.1, -0.05) is 24.3 Å². The molecule has 6 nitrogen and oxygen atoms in total. The molecular formula is C13H17NO5S. The van der Waals surface area contributed by atoms with Crippen molar-refractivity contribution in [1.82, 2.24) is 4.72 Å². The Morgan fingerprint density at radius 3 is 2.85 bits per heavy atom. The summed E-state index contributed by atoms with van der Waals surface area (Å²) >= 11 is 0. The standard InChI is InChI=1S/C13H17NO5S/c1-19-12(16)6-7-20(17,18)14-13-10-5-3-2-4-9(10)8-11(13)15/h2-5,11,13-15H,6-8H2,1H3/t11-,13+/m1/s1. The summed E-state index contributed by atoms with van der Waals surface area (Å²) in [4.78, 5) is 11.0. The largest absolute Gasteiger partial charge is 0.469 e. The normalized spacial score (nSPS) is 21.5. The van der Waals surface area contributed by atoms with Gasteiger partial charge in [-0.3, -0.25) is 4.79 Å². The molecule has 1 aromatic rings. The molecule has 0 unspecified atom stereocenters. The van der Waals surface area contributed by atoms with Crippen molar-refractivity contribution >= 4 is 16.0 Å². The van der Waals surface area contributed by atoms with E-state index < -0.39 is 28.1 Å². The molecule has 0 aromatic heterocycles. The van der Waals surface area contributed by atoms with Crippen LogP contribution in [0, 0.1) is 0 Å². The number of hydrogen-bond acceptors (Lipinski definition) is 5. The summed E-state index contributed by atoms with van der Waals surface area (Å²) in [6.45, 7) is 0. The second-order valence-corrected chi connectivity index (χ2v) is 6.58. The second-order valence-electron chi connectivity index (χ2n) is 4.71. The van der Waals surface area contributed by atoms with E-state index in [0.29, 0.717) is 6.42 Å². The molecule has 7 heteroatoms. The van der Waals surface area contributed by atoms with Gasteiger partial charge in [0.25, 0.3) is 0 Å². The number of aliphatic hydroxyl groups is 1. The highest BCUT2D eigenvalue weighted by molar-refractivity contribution is 7.89. The molecule has 1 aliphatic rings. The minimum absolute atomic E-state index is 0.212. The number of fused-ring (bicyclic) bond motifs is 1. The van der Waals surface area contributed by atoms with E-state index in [1.807, 2.05) is 12.1 Å². The lowest BCUT2D eigenvalue weighted by Gasteiger charge is -2.17. The van der Waals surface area contributed by atoms with E-state index in [9.17, 15) is 18.3 Å². The molecule has 1 aliphatic carbocycles. The quantitative estimate of drug-likeness (QED) is 0.754. The lowest BCUT2D eigenvalue weighted by atomic mass is 10.1. The summed E-state index contributed by atoms with van der Waals surface area (Å²) in [6, 6.07) is 6.64. The third kappa shape index (κ3) is 3.36. The van der Waals surface area contributed by atoms with Crippen LogP contribution < -0.4 is 4.72 Å². The summed E-state index contributed by atoms with van der Waals surface area (Å²) in [6.07, 6.45) is -0.586. The van der Waals surface area contributed by atoms with Crippen molar-refractivity contribution in [3.05, 3.63) is 35.4 Å². The number of esters is 1. The molecule has 2 atom stereocenters. The Morgan fingerprint density at radius 2 is 2.15 bits per heavy atom. The zero-order valence-corrected chi connectivity index (χ0v) is 11.9. The molecule has 0 fully saturated rings.